The number of hydrogen-bond donors (Lipinski definition) is 1. The molecule has 0 radical (unpaired) electrons. The van der Waals surface area contributed by atoms with E-state index >= 15 is 0 Å². The molecule has 0 saturated carbocycles. The minimum atomic E-state index is -0.100. The van der Waals surface area contributed by atoms with Crippen LogP contribution in [0.3, 0.4) is 0 Å². The fraction of sp³-hybridized carbons (Fsp3) is 0.312. The van der Waals surface area contributed by atoms with Gasteiger partial charge in [0.05, 0.1) is 11.4 Å². The van der Waals surface area contributed by atoms with Crippen molar-refractivity contribution < 1.29 is 4.79 Å². The van der Waals surface area contributed by atoms with Crippen molar-refractivity contribution in [1.82, 2.24) is 35.3 Å². The summed E-state index contributed by atoms with van der Waals surface area (Å²) >= 11 is 1.50. The van der Waals surface area contributed by atoms with Crippen molar-refractivity contribution in [1.29, 1.82) is 0 Å². The molecule has 1 aromatic carbocycles. The third kappa shape index (κ3) is 4.05. The molecule has 2 heterocycles. The van der Waals surface area contributed by atoms with Gasteiger partial charge in [-0.05, 0) is 54.6 Å². The molecular weight excluding hydrogens is 338 g/mol. The Morgan fingerprint density at radius 3 is 2.60 bits per heavy atom. The number of nitrogens with one attached hydrogen (secondary N) is 1. The van der Waals surface area contributed by atoms with Gasteiger partial charge in [-0.2, -0.15) is 5.10 Å². The minimum absolute atomic E-state index is 0.100. The summed E-state index contributed by atoms with van der Waals surface area (Å²) in [6.45, 7) is 4.50. The van der Waals surface area contributed by atoms with Gasteiger partial charge in [-0.15, -0.1) is 5.10 Å². The number of carbonyl (C=O) groups excluding carboxylic acids is 1. The lowest BCUT2D eigenvalue weighted by atomic mass is 10.2. The number of benzene rings is 1. The normalized spacial score (nSPS) is 10.8. The Morgan fingerprint density at radius 1 is 1.24 bits per heavy atom. The Bertz CT molecular complexity index is 869. The van der Waals surface area contributed by atoms with Crippen molar-refractivity contribution in [2.75, 3.05) is 12.3 Å². The number of amides is 1. The lowest BCUT2D eigenvalue weighted by Gasteiger charge is -2.07. The molecule has 0 aliphatic rings. The minimum Gasteiger partial charge on any atom is -0.351 e. The molecule has 8 nitrogen and oxygen atoms in total. The number of hydrogen-bond acceptors (Lipinski definition) is 6. The predicted molar refractivity (Wildman–Crippen MR) is 94.9 cm³/mol. The van der Waals surface area contributed by atoms with Crippen LogP contribution in [0.5, 0.6) is 0 Å². The van der Waals surface area contributed by atoms with E-state index in [2.05, 4.69) is 25.9 Å². The van der Waals surface area contributed by atoms with Crippen LogP contribution in [-0.2, 0) is 7.05 Å². The lowest BCUT2D eigenvalue weighted by molar-refractivity contribution is 0.0956. The summed E-state index contributed by atoms with van der Waals surface area (Å²) in [6.07, 6.45) is 0. The Kier molecular flexibility index (Phi) is 5.13. The summed E-state index contributed by atoms with van der Waals surface area (Å²) in [7, 11) is 1.78. The highest BCUT2D eigenvalue weighted by Gasteiger charge is 2.08. The van der Waals surface area contributed by atoms with Crippen molar-refractivity contribution in [3.05, 3.63) is 47.3 Å². The van der Waals surface area contributed by atoms with Crippen LogP contribution in [0.2, 0.25) is 0 Å². The van der Waals surface area contributed by atoms with E-state index in [1.165, 1.54) is 11.8 Å². The fourth-order valence-corrected chi connectivity index (χ4v) is 3.10. The standard InChI is InChI=1S/C16H19N7OS/c1-11-10-12(2)23(19-11)14-6-4-13(5-7-14)15(24)17-8-9-25-16-18-20-21-22(16)3/h4-7,10H,8-9H2,1-3H3,(H,17,24). The number of tetrazole rings is 1. The van der Waals surface area contributed by atoms with Crippen molar-refractivity contribution >= 4 is 17.7 Å². The van der Waals surface area contributed by atoms with Gasteiger partial charge >= 0.3 is 0 Å². The van der Waals surface area contributed by atoms with Gasteiger partial charge in [0.1, 0.15) is 0 Å². The van der Waals surface area contributed by atoms with Crippen LogP contribution in [0.4, 0.5) is 0 Å². The second-order valence-corrected chi connectivity index (χ2v) is 6.64. The second kappa shape index (κ2) is 7.47. The average Bonchev–Trinajstić information content (AvgIpc) is 3.16. The number of aromatic nitrogens is 6. The molecule has 25 heavy (non-hydrogen) atoms. The smallest absolute Gasteiger partial charge is 0.251 e. The Hall–Kier alpha value is -2.68. The first-order valence-electron chi connectivity index (χ1n) is 7.81. The maximum atomic E-state index is 12.2. The van der Waals surface area contributed by atoms with Crippen molar-refractivity contribution in [2.45, 2.75) is 19.0 Å². The van der Waals surface area contributed by atoms with Gasteiger partial charge in [0.2, 0.25) is 5.16 Å². The molecule has 0 bridgehead atoms. The van der Waals surface area contributed by atoms with Crippen LogP contribution in [0.1, 0.15) is 21.7 Å². The van der Waals surface area contributed by atoms with Gasteiger partial charge < -0.3 is 5.32 Å². The molecule has 0 spiro atoms. The predicted octanol–water partition coefficient (Wildman–Crippen LogP) is 1.53. The number of nitrogens with zero attached hydrogens (tertiary/aromatic N) is 6. The molecule has 2 aromatic heterocycles. The summed E-state index contributed by atoms with van der Waals surface area (Å²) in [5, 5.41) is 19.3. The van der Waals surface area contributed by atoms with E-state index < -0.39 is 0 Å². The van der Waals surface area contributed by atoms with E-state index in [0.717, 1.165) is 22.2 Å². The Labute approximate surface area is 149 Å². The SMILES string of the molecule is Cc1cc(C)n(-c2ccc(C(=O)NCCSc3nnnn3C)cc2)n1. The van der Waals surface area contributed by atoms with Crippen molar-refractivity contribution in [3.63, 3.8) is 0 Å². The van der Waals surface area contributed by atoms with Crippen LogP contribution in [0, 0.1) is 13.8 Å². The summed E-state index contributed by atoms with van der Waals surface area (Å²) in [6, 6.07) is 9.43. The maximum Gasteiger partial charge on any atom is 0.251 e. The molecule has 3 aromatic rings. The van der Waals surface area contributed by atoms with Crippen LogP contribution >= 0.6 is 11.8 Å². The first kappa shape index (κ1) is 17.2. The lowest BCUT2D eigenvalue weighted by Crippen LogP contribution is -2.25. The highest BCUT2D eigenvalue weighted by Crippen LogP contribution is 2.13. The summed E-state index contributed by atoms with van der Waals surface area (Å²) in [5.74, 6) is 0.598. The first-order chi connectivity index (χ1) is 12.0. The molecule has 1 amide bonds. The highest BCUT2D eigenvalue weighted by atomic mass is 32.2. The van der Waals surface area contributed by atoms with Crippen LogP contribution in [-0.4, -0.2) is 48.2 Å². The number of thioether (sulfide) groups is 1. The van der Waals surface area contributed by atoms with Gasteiger partial charge in [0.15, 0.2) is 0 Å². The molecule has 0 aliphatic heterocycles. The largest absolute Gasteiger partial charge is 0.351 e. The van der Waals surface area contributed by atoms with Crippen molar-refractivity contribution in [2.24, 2.45) is 7.05 Å². The molecule has 1 N–H and O–H groups in total. The third-order valence-electron chi connectivity index (χ3n) is 3.58. The molecular formula is C16H19N7OS. The van der Waals surface area contributed by atoms with E-state index in [0.29, 0.717) is 17.9 Å². The van der Waals surface area contributed by atoms with Gasteiger partial charge in [-0.1, -0.05) is 11.8 Å². The fourth-order valence-electron chi connectivity index (χ4n) is 2.40. The van der Waals surface area contributed by atoms with Gasteiger partial charge in [-0.3, -0.25) is 4.79 Å². The Balaban J connectivity index is 1.54. The van der Waals surface area contributed by atoms with E-state index in [1.807, 2.05) is 36.7 Å². The molecule has 0 atom stereocenters. The molecule has 0 fully saturated rings. The average molecular weight is 357 g/mol. The van der Waals surface area contributed by atoms with Gasteiger partial charge in [-0.25, -0.2) is 9.36 Å². The molecule has 3 rings (SSSR count). The Morgan fingerprint density at radius 2 is 2.00 bits per heavy atom. The third-order valence-corrected chi connectivity index (χ3v) is 4.60. The highest BCUT2D eigenvalue weighted by molar-refractivity contribution is 7.99. The molecule has 9 heteroatoms. The number of carbonyl (C=O) groups is 1. The maximum absolute atomic E-state index is 12.2. The molecule has 0 saturated heterocycles. The van der Waals surface area contributed by atoms with Gasteiger partial charge in [0.25, 0.3) is 5.91 Å². The van der Waals surface area contributed by atoms with Crippen LogP contribution in [0.25, 0.3) is 5.69 Å². The monoisotopic (exact) mass is 357 g/mol. The quantitative estimate of drug-likeness (QED) is 0.531. The van der Waals surface area contributed by atoms with Crippen LogP contribution in [0.15, 0.2) is 35.5 Å². The van der Waals surface area contributed by atoms with Crippen molar-refractivity contribution in [3.8, 4) is 5.69 Å². The van der Waals surface area contributed by atoms with E-state index in [-0.39, 0.29) is 5.91 Å². The number of aryl methyl sites for hydroxylation is 3. The number of rotatable bonds is 6. The summed E-state index contributed by atoms with van der Waals surface area (Å²) in [5.41, 5.74) is 3.59. The molecule has 130 valence electrons. The van der Waals surface area contributed by atoms with Crippen LogP contribution < -0.4 is 5.32 Å². The summed E-state index contributed by atoms with van der Waals surface area (Å²) < 4.78 is 3.47. The molecule has 0 aliphatic carbocycles. The molecule has 0 unspecified atom stereocenters. The van der Waals surface area contributed by atoms with Gasteiger partial charge in [0, 0.05) is 30.6 Å². The second-order valence-electron chi connectivity index (χ2n) is 5.58. The van der Waals surface area contributed by atoms with E-state index in [1.54, 1.807) is 23.9 Å². The van der Waals surface area contributed by atoms with E-state index in [9.17, 15) is 4.79 Å². The zero-order valence-corrected chi connectivity index (χ0v) is 15.1. The van der Waals surface area contributed by atoms with E-state index in [4.69, 9.17) is 0 Å². The zero-order valence-electron chi connectivity index (χ0n) is 14.3. The first-order valence-corrected chi connectivity index (χ1v) is 8.80. The topological polar surface area (TPSA) is 90.5 Å². The summed E-state index contributed by atoms with van der Waals surface area (Å²) in [4.78, 5) is 12.2. The zero-order chi connectivity index (χ0) is 17.8.